The fraction of sp³-hybridized carbons (Fsp3) is 0.700. The molecule has 0 aromatic rings. The third-order valence-corrected chi connectivity index (χ3v) is 3.55. The van der Waals surface area contributed by atoms with E-state index in [0.29, 0.717) is 6.42 Å². The van der Waals surface area contributed by atoms with Crippen molar-refractivity contribution in [1.29, 1.82) is 0 Å². The van der Waals surface area contributed by atoms with E-state index in [0.717, 1.165) is 38.5 Å². The largest absolute Gasteiger partial charge is 0.511 e. The molecule has 0 aliphatic rings. The van der Waals surface area contributed by atoms with Gasteiger partial charge in [0.1, 0.15) is 0 Å². The highest BCUT2D eigenvalue weighted by Crippen LogP contribution is 2.09. The van der Waals surface area contributed by atoms with Gasteiger partial charge in [-0.25, -0.2) is 14.4 Å². The lowest BCUT2D eigenvalue weighted by molar-refractivity contribution is -0.153. The third-order valence-electron chi connectivity index (χ3n) is 3.55. The smallest absolute Gasteiger partial charge is 0.435 e. The van der Waals surface area contributed by atoms with E-state index in [9.17, 15) is 19.2 Å². The first kappa shape index (κ1) is 27.2. The lowest BCUT2D eigenvalue weighted by atomic mass is 10.1. The molecular formula is C20H32O10. The van der Waals surface area contributed by atoms with Crippen LogP contribution in [0.2, 0.25) is 0 Å². The Morgan fingerprint density at radius 3 is 1.77 bits per heavy atom. The Labute approximate surface area is 176 Å². The average molecular weight is 432 g/mol. The molecule has 0 rings (SSSR count). The molecule has 30 heavy (non-hydrogen) atoms. The second kappa shape index (κ2) is 19.5. The minimum Gasteiger partial charge on any atom is -0.435 e. The summed E-state index contributed by atoms with van der Waals surface area (Å²) in [6.45, 7) is 2.76. The van der Waals surface area contributed by atoms with Gasteiger partial charge in [0, 0.05) is 12.5 Å². The molecule has 0 heterocycles. The molecule has 0 saturated carbocycles. The number of hydrogen-bond donors (Lipinski definition) is 0. The highest BCUT2D eigenvalue weighted by atomic mass is 16.8. The summed E-state index contributed by atoms with van der Waals surface area (Å²) in [4.78, 5) is 44.6. The van der Waals surface area contributed by atoms with E-state index in [2.05, 4.69) is 23.7 Å². The highest BCUT2D eigenvalue weighted by Gasteiger charge is 2.06. The van der Waals surface area contributed by atoms with Crippen molar-refractivity contribution >= 4 is 24.2 Å². The molecule has 0 atom stereocenters. The first-order valence-corrected chi connectivity index (χ1v) is 10.1. The van der Waals surface area contributed by atoms with Crippen LogP contribution in [0, 0.1) is 0 Å². The zero-order chi connectivity index (χ0) is 22.5. The first-order valence-electron chi connectivity index (χ1n) is 10.1. The van der Waals surface area contributed by atoms with Crippen LogP contribution in [0.5, 0.6) is 0 Å². The van der Waals surface area contributed by atoms with Crippen LogP contribution in [0.1, 0.15) is 65.2 Å². The predicted octanol–water partition coefficient (Wildman–Crippen LogP) is 4.01. The van der Waals surface area contributed by atoms with Crippen LogP contribution in [0.3, 0.4) is 0 Å². The summed E-state index contributed by atoms with van der Waals surface area (Å²) >= 11 is 0. The Hall–Kier alpha value is -2.78. The number of ether oxygens (including phenoxy) is 6. The maximum Gasteiger partial charge on any atom is 0.511 e. The summed E-state index contributed by atoms with van der Waals surface area (Å²) in [5.41, 5.74) is 0. The Bertz CT molecular complexity index is 530. The number of carbonyl (C=O) groups excluding carboxylic acids is 4. The lowest BCUT2D eigenvalue weighted by Gasteiger charge is -2.06. The normalized spacial score (nSPS) is 10.3. The van der Waals surface area contributed by atoms with E-state index in [-0.39, 0.29) is 19.6 Å². The molecule has 0 N–H and O–H groups in total. The fourth-order valence-electron chi connectivity index (χ4n) is 2.14. The van der Waals surface area contributed by atoms with Crippen molar-refractivity contribution in [2.24, 2.45) is 0 Å². The number of hydrogen-bond acceptors (Lipinski definition) is 10. The quantitative estimate of drug-likeness (QED) is 0.116. The Morgan fingerprint density at radius 2 is 1.17 bits per heavy atom. The second-order valence-corrected chi connectivity index (χ2v) is 5.93. The van der Waals surface area contributed by atoms with Gasteiger partial charge < -0.3 is 28.4 Å². The standard InChI is InChI=1S/C20H32O10/c1-3-25-19(23)29-15-27-17(21)13-11-9-7-5-6-8-10-12-14-18(22)28-16-30-20(24)26-4-2/h11,13H,3-10,12,14-16H2,1-2H3. The van der Waals surface area contributed by atoms with Crippen molar-refractivity contribution in [2.45, 2.75) is 65.2 Å². The molecule has 0 amide bonds. The molecular weight excluding hydrogens is 400 g/mol. The van der Waals surface area contributed by atoms with Crippen LogP contribution in [0.25, 0.3) is 0 Å². The molecule has 0 bridgehead atoms. The van der Waals surface area contributed by atoms with E-state index in [1.807, 2.05) is 0 Å². The van der Waals surface area contributed by atoms with Gasteiger partial charge in [-0.2, -0.15) is 0 Å². The third kappa shape index (κ3) is 18.6. The van der Waals surface area contributed by atoms with Gasteiger partial charge in [-0.3, -0.25) is 4.79 Å². The van der Waals surface area contributed by atoms with Crippen molar-refractivity contribution in [2.75, 3.05) is 26.8 Å². The van der Waals surface area contributed by atoms with Crippen molar-refractivity contribution in [3.05, 3.63) is 12.2 Å². The van der Waals surface area contributed by atoms with E-state index < -0.39 is 37.8 Å². The molecule has 0 fully saturated rings. The first-order chi connectivity index (χ1) is 14.5. The van der Waals surface area contributed by atoms with Crippen LogP contribution >= 0.6 is 0 Å². The van der Waals surface area contributed by atoms with Gasteiger partial charge in [0.2, 0.25) is 13.6 Å². The van der Waals surface area contributed by atoms with Crippen LogP contribution < -0.4 is 0 Å². The van der Waals surface area contributed by atoms with Crippen molar-refractivity contribution in [1.82, 2.24) is 0 Å². The molecule has 0 saturated heterocycles. The molecule has 10 nitrogen and oxygen atoms in total. The van der Waals surface area contributed by atoms with Crippen LogP contribution in [0.4, 0.5) is 9.59 Å². The second-order valence-electron chi connectivity index (χ2n) is 5.93. The molecule has 10 heteroatoms. The van der Waals surface area contributed by atoms with Crippen molar-refractivity contribution < 1.29 is 47.6 Å². The average Bonchev–Trinajstić information content (AvgIpc) is 2.69. The monoisotopic (exact) mass is 432 g/mol. The maximum atomic E-state index is 11.4. The molecule has 0 aromatic carbocycles. The van der Waals surface area contributed by atoms with Crippen LogP contribution in [-0.4, -0.2) is 51.0 Å². The highest BCUT2D eigenvalue weighted by molar-refractivity contribution is 5.81. The fourth-order valence-corrected chi connectivity index (χ4v) is 2.14. The number of allylic oxidation sites excluding steroid dienone is 1. The number of unbranched alkanes of at least 4 members (excludes halogenated alkanes) is 6. The Balaban J connectivity index is 3.45. The van der Waals surface area contributed by atoms with Gasteiger partial charge in [0.05, 0.1) is 13.2 Å². The summed E-state index contributed by atoms with van der Waals surface area (Å²) in [5, 5.41) is 0. The van der Waals surface area contributed by atoms with Gasteiger partial charge in [0.25, 0.3) is 0 Å². The zero-order valence-electron chi connectivity index (χ0n) is 17.7. The van der Waals surface area contributed by atoms with Gasteiger partial charge in [-0.15, -0.1) is 0 Å². The molecule has 172 valence electrons. The molecule has 0 aliphatic heterocycles. The lowest BCUT2D eigenvalue weighted by Crippen LogP contribution is -2.13. The number of esters is 2. The van der Waals surface area contributed by atoms with Crippen LogP contribution in [0.15, 0.2) is 12.2 Å². The molecule has 0 aliphatic carbocycles. The predicted molar refractivity (Wildman–Crippen MR) is 104 cm³/mol. The summed E-state index contributed by atoms with van der Waals surface area (Å²) < 4.78 is 27.5. The topological polar surface area (TPSA) is 124 Å². The Morgan fingerprint density at radius 1 is 0.633 bits per heavy atom. The molecule has 0 unspecified atom stereocenters. The molecule has 0 aromatic heterocycles. The van der Waals surface area contributed by atoms with Crippen LogP contribution in [-0.2, 0) is 38.0 Å². The van der Waals surface area contributed by atoms with Gasteiger partial charge in [0.15, 0.2) is 0 Å². The molecule has 0 radical (unpaired) electrons. The van der Waals surface area contributed by atoms with E-state index in [1.54, 1.807) is 19.9 Å². The van der Waals surface area contributed by atoms with E-state index in [4.69, 9.17) is 4.74 Å². The number of rotatable bonds is 16. The van der Waals surface area contributed by atoms with Crippen molar-refractivity contribution in [3.63, 3.8) is 0 Å². The SMILES string of the molecule is CCOC(=O)OCOC(=O)C=CCCCCCCCCC(=O)OCOC(=O)OCC. The summed E-state index contributed by atoms with van der Waals surface area (Å²) in [6.07, 6.45) is 7.82. The van der Waals surface area contributed by atoms with Gasteiger partial charge in [-0.05, 0) is 33.1 Å². The minimum atomic E-state index is -0.880. The zero-order valence-corrected chi connectivity index (χ0v) is 17.7. The van der Waals surface area contributed by atoms with E-state index in [1.165, 1.54) is 6.08 Å². The molecule has 0 spiro atoms. The summed E-state index contributed by atoms with van der Waals surface area (Å²) in [7, 11) is 0. The Kier molecular flexibility index (Phi) is 17.7. The number of carbonyl (C=O) groups is 4. The minimum absolute atomic E-state index is 0.188. The van der Waals surface area contributed by atoms with Gasteiger partial charge in [-0.1, -0.05) is 31.8 Å². The van der Waals surface area contributed by atoms with Crippen molar-refractivity contribution in [3.8, 4) is 0 Å². The van der Waals surface area contributed by atoms with E-state index >= 15 is 0 Å². The van der Waals surface area contributed by atoms with Gasteiger partial charge >= 0.3 is 24.2 Å². The summed E-state index contributed by atoms with van der Waals surface area (Å²) in [6, 6.07) is 0. The summed E-state index contributed by atoms with van der Waals surface area (Å²) in [5.74, 6) is -0.997. The maximum absolute atomic E-state index is 11.4.